The number of aryl methyl sites for hydroxylation is 1. The first-order valence-corrected chi connectivity index (χ1v) is 13.5. The van der Waals surface area contributed by atoms with Crippen LogP contribution in [0.3, 0.4) is 0 Å². The fourth-order valence-corrected chi connectivity index (χ4v) is 4.73. The van der Waals surface area contributed by atoms with E-state index >= 15 is 0 Å². The van der Waals surface area contributed by atoms with E-state index in [4.69, 9.17) is 0 Å². The lowest BCUT2D eigenvalue weighted by Gasteiger charge is -2.31. The molecule has 0 aliphatic rings. The summed E-state index contributed by atoms with van der Waals surface area (Å²) < 4.78 is 0. The average Bonchev–Trinajstić information content (AvgIpc) is 2.88. The van der Waals surface area contributed by atoms with Crippen molar-refractivity contribution in [3.05, 3.63) is 107 Å². The number of nitrogens with one attached hydrogen (secondary N) is 1. The number of nitrogens with zero attached hydrogens (tertiary/aromatic N) is 1. The second-order valence-corrected chi connectivity index (χ2v) is 9.82. The lowest BCUT2D eigenvalue weighted by molar-refractivity contribution is -0.139. The van der Waals surface area contributed by atoms with Gasteiger partial charge in [-0.2, -0.15) is 0 Å². The average molecular weight is 489 g/mol. The Morgan fingerprint density at radius 3 is 2.11 bits per heavy atom. The van der Waals surface area contributed by atoms with Crippen molar-refractivity contribution in [1.29, 1.82) is 0 Å². The van der Waals surface area contributed by atoms with Crippen molar-refractivity contribution >= 4 is 23.6 Å². The fraction of sp³-hybridized carbons (Fsp3) is 0.333. The van der Waals surface area contributed by atoms with Gasteiger partial charge in [-0.15, -0.1) is 11.8 Å². The van der Waals surface area contributed by atoms with Gasteiger partial charge >= 0.3 is 0 Å². The number of hydrogen-bond acceptors (Lipinski definition) is 3. The van der Waals surface area contributed by atoms with Gasteiger partial charge in [-0.3, -0.25) is 9.59 Å². The van der Waals surface area contributed by atoms with E-state index in [1.807, 2.05) is 67.6 Å². The molecular weight excluding hydrogens is 452 g/mol. The van der Waals surface area contributed by atoms with Crippen LogP contribution in [0.5, 0.6) is 0 Å². The highest BCUT2D eigenvalue weighted by atomic mass is 32.2. The maximum atomic E-state index is 13.6. The topological polar surface area (TPSA) is 49.4 Å². The van der Waals surface area contributed by atoms with Crippen molar-refractivity contribution in [3.8, 4) is 0 Å². The molecule has 5 heteroatoms. The highest BCUT2D eigenvalue weighted by Crippen LogP contribution is 2.19. The zero-order valence-corrected chi connectivity index (χ0v) is 21.6. The minimum absolute atomic E-state index is 0.0157. The largest absolute Gasteiger partial charge is 0.354 e. The maximum Gasteiger partial charge on any atom is 0.243 e. The molecule has 0 saturated heterocycles. The number of carbonyl (C=O) groups excluding carboxylic acids is 2. The van der Waals surface area contributed by atoms with E-state index in [1.54, 1.807) is 16.7 Å². The van der Waals surface area contributed by atoms with Crippen LogP contribution in [-0.2, 0) is 28.3 Å². The van der Waals surface area contributed by atoms with Gasteiger partial charge in [-0.05, 0) is 30.0 Å². The smallest absolute Gasteiger partial charge is 0.243 e. The van der Waals surface area contributed by atoms with Crippen LogP contribution in [0.4, 0.5) is 0 Å². The predicted octanol–water partition coefficient (Wildman–Crippen LogP) is 5.78. The Balaban J connectivity index is 1.82. The first-order valence-electron chi connectivity index (χ1n) is 12.3. The summed E-state index contributed by atoms with van der Waals surface area (Å²) in [6, 6.07) is 27.7. The number of carbonyl (C=O) groups is 2. The molecule has 0 aliphatic heterocycles. The van der Waals surface area contributed by atoms with Crippen molar-refractivity contribution in [2.75, 3.05) is 12.3 Å². The Morgan fingerprint density at radius 1 is 0.857 bits per heavy atom. The quantitative estimate of drug-likeness (QED) is 0.310. The number of amides is 2. The van der Waals surface area contributed by atoms with Crippen LogP contribution in [-0.4, -0.2) is 35.1 Å². The van der Waals surface area contributed by atoms with Gasteiger partial charge in [0.2, 0.25) is 11.8 Å². The number of hydrogen-bond donors (Lipinski definition) is 1. The van der Waals surface area contributed by atoms with E-state index in [1.165, 1.54) is 11.1 Å². The second-order valence-electron chi connectivity index (χ2n) is 8.84. The molecular formula is C30H36N2O2S. The SMILES string of the molecule is CCCCNC(=O)C(Cc1ccccc1)N(Cc1ccc(C)cc1)C(=O)CSCc1ccccc1. The Labute approximate surface area is 214 Å². The van der Waals surface area contributed by atoms with E-state index in [-0.39, 0.29) is 11.8 Å². The van der Waals surface area contributed by atoms with Gasteiger partial charge in [-0.25, -0.2) is 0 Å². The molecule has 0 fully saturated rings. The van der Waals surface area contributed by atoms with Crippen LogP contribution in [0.1, 0.15) is 42.0 Å². The lowest BCUT2D eigenvalue weighted by Crippen LogP contribution is -2.51. The van der Waals surface area contributed by atoms with Crippen LogP contribution >= 0.6 is 11.8 Å². The summed E-state index contributed by atoms with van der Waals surface area (Å²) in [7, 11) is 0. The molecule has 3 aromatic rings. The fourth-order valence-electron chi connectivity index (χ4n) is 3.86. The Kier molecular flexibility index (Phi) is 10.9. The molecule has 0 spiro atoms. The molecule has 1 N–H and O–H groups in total. The first kappa shape index (κ1) is 26.6. The molecule has 4 nitrogen and oxygen atoms in total. The lowest BCUT2D eigenvalue weighted by atomic mass is 10.0. The Morgan fingerprint density at radius 2 is 1.49 bits per heavy atom. The monoisotopic (exact) mass is 488 g/mol. The third-order valence-corrected chi connectivity index (χ3v) is 6.90. The van der Waals surface area contributed by atoms with Crippen molar-refractivity contribution in [1.82, 2.24) is 10.2 Å². The normalized spacial score (nSPS) is 11.6. The highest BCUT2D eigenvalue weighted by molar-refractivity contribution is 7.99. The van der Waals surface area contributed by atoms with Crippen LogP contribution in [0.25, 0.3) is 0 Å². The van der Waals surface area contributed by atoms with Crippen LogP contribution in [0.15, 0.2) is 84.9 Å². The number of benzene rings is 3. The summed E-state index contributed by atoms with van der Waals surface area (Å²) in [6.45, 7) is 5.18. The van der Waals surface area contributed by atoms with Gasteiger partial charge < -0.3 is 10.2 Å². The number of unbranched alkanes of at least 4 members (excludes halogenated alkanes) is 1. The standard InChI is InChI=1S/C30H36N2O2S/c1-3-4-19-31-30(34)28(20-25-11-7-5-8-12-25)32(21-26-17-15-24(2)16-18-26)29(33)23-35-22-27-13-9-6-10-14-27/h5-18,28H,3-4,19-23H2,1-2H3,(H,31,34). The summed E-state index contributed by atoms with van der Waals surface area (Å²) in [5.74, 6) is 0.986. The van der Waals surface area contributed by atoms with Crippen LogP contribution < -0.4 is 5.32 Å². The zero-order valence-electron chi connectivity index (χ0n) is 20.8. The number of thioether (sulfide) groups is 1. The van der Waals surface area contributed by atoms with Gasteiger partial charge in [0.1, 0.15) is 6.04 Å². The van der Waals surface area contributed by atoms with E-state index < -0.39 is 6.04 Å². The first-order chi connectivity index (χ1) is 17.1. The molecule has 3 aromatic carbocycles. The van der Waals surface area contributed by atoms with Gasteiger partial charge in [0.05, 0.1) is 5.75 Å². The molecule has 35 heavy (non-hydrogen) atoms. The molecule has 1 atom stereocenters. The summed E-state index contributed by atoms with van der Waals surface area (Å²) in [4.78, 5) is 28.8. The van der Waals surface area contributed by atoms with Crippen molar-refractivity contribution < 1.29 is 9.59 Å². The van der Waals surface area contributed by atoms with E-state index in [2.05, 4.69) is 36.5 Å². The third-order valence-electron chi connectivity index (χ3n) is 5.91. The molecule has 3 rings (SSSR count). The molecule has 184 valence electrons. The van der Waals surface area contributed by atoms with Crippen molar-refractivity contribution in [3.63, 3.8) is 0 Å². The Bertz CT molecular complexity index is 1040. The van der Waals surface area contributed by atoms with E-state index in [9.17, 15) is 9.59 Å². The highest BCUT2D eigenvalue weighted by Gasteiger charge is 2.30. The second kappa shape index (κ2) is 14.4. The third kappa shape index (κ3) is 8.91. The van der Waals surface area contributed by atoms with Gasteiger partial charge in [0.25, 0.3) is 0 Å². The zero-order chi connectivity index (χ0) is 24.9. The minimum Gasteiger partial charge on any atom is -0.354 e. The molecule has 0 aromatic heterocycles. The molecule has 2 amide bonds. The van der Waals surface area contributed by atoms with Crippen molar-refractivity contribution in [2.45, 2.75) is 51.4 Å². The van der Waals surface area contributed by atoms with Gasteiger partial charge in [0.15, 0.2) is 0 Å². The predicted molar refractivity (Wildman–Crippen MR) is 146 cm³/mol. The minimum atomic E-state index is -0.569. The molecule has 0 saturated carbocycles. The van der Waals surface area contributed by atoms with Crippen LogP contribution in [0, 0.1) is 6.92 Å². The molecule has 0 bridgehead atoms. The number of rotatable bonds is 13. The van der Waals surface area contributed by atoms with E-state index in [0.29, 0.717) is 25.3 Å². The van der Waals surface area contributed by atoms with Crippen molar-refractivity contribution in [2.24, 2.45) is 0 Å². The summed E-state index contributed by atoms with van der Waals surface area (Å²) in [6.07, 6.45) is 2.41. The van der Waals surface area contributed by atoms with Gasteiger partial charge in [-0.1, -0.05) is 104 Å². The summed E-state index contributed by atoms with van der Waals surface area (Å²) in [5, 5.41) is 3.08. The van der Waals surface area contributed by atoms with Gasteiger partial charge in [0, 0.05) is 25.3 Å². The molecule has 0 radical (unpaired) electrons. The summed E-state index contributed by atoms with van der Waals surface area (Å²) in [5.41, 5.74) is 4.43. The molecule has 0 heterocycles. The summed E-state index contributed by atoms with van der Waals surface area (Å²) >= 11 is 1.59. The molecule has 1 unspecified atom stereocenters. The maximum absolute atomic E-state index is 13.6. The Hall–Kier alpha value is -3.05. The van der Waals surface area contributed by atoms with E-state index in [0.717, 1.165) is 29.7 Å². The van der Waals surface area contributed by atoms with Crippen LogP contribution in [0.2, 0.25) is 0 Å². The molecule has 0 aliphatic carbocycles.